The normalized spacial score (nSPS) is 18.3. The molecule has 1 amide bonds. The maximum atomic E-state index is 13.8. The van der Waals surface area contributed by atoms with E-state index in [0.29, 0.717) is 16.6 Å². The predicted octanol–water partition coefficient (Wildman–Crippen LogP) is 4.36. The zero-order valence-corrected chi connectivity index (χ0v) is 18.3. The van der Waals surface area contributed by atoms with E-state index >= 15 is 0 Å². The number of pyridine rings is 1. The standard InChI is InChI=1S/C23H21ClN6O/c1-12-10-17(11-29-13(2)25-26-22(12)29)30-20(15-6-8-16(24)9-7-15)18-19(14-4-5-14)27-28(3)21(18)23(30)31/h6-11,14,20H,4-5H2,1-3H3/t20-/m1/s1. The van der Waals surface area contributed by atoms with Crippen molar-refractivity contribution in [1.82, 2.24) is 24.4 Å². The molecule has 4 aromatic rings. The number of aryl methyl sites for hydroxylation is 3. The fraction of sp³-hybridized carbons (Fsp3) is 0.304. The Morgan fingerprint density at radius 1 is 1.10 bits per heavy atom. The second-order valence-corrected chi connectivity index (χ2v) is 8.93. The van der Waals surface area contributed by atoms with Crippen molar-refractivity contribution in [3.05, 3.63) is 75.5 Å². The Balaban J connectivity index is 1.60. The summed E-state index contributed by atoms with van der Waals surface area (Å²) in [5.41, 5.74) is 6.34. The molecule has 0 N–H and O–H groups in total. The van der Waals surface area contributed by atoms with E-state index in [2.05, 4.69) is 10.2 Å². The average molecular weight is 433 g/mol. The van der Waals surface area contributed by atoms with Gasteiger partial charge in [0, 0.05) is 29.7 Å². The van der Waals surface area contributed by atoms with Gasteiger partial charge in [0.15, 0.2) is 5.65 Å². The van der Waals surface area contributed by atoms with Gasteiger partial charge < -0.3 is 0 Å². The minimum atomic E-state index is -0.252. The Hall–Kier alpha value is -3.19. The van der Waals surface area contributed by atoms with Gasteiger partial charge in [-0.25, -0.2) is 0 Å². The van der Waals surface area contributed by atoms with Crippen LogP contribution in [0.15, 0.2) is 36.5 Å². The van der Waals surface area contributed by atoms with Crippen molar-refractivity contribution in [1.29, 1.82) is 0 Å². The molecule has 1 atom stereocenters. The van der Waals surface area contributed by atoms with Gasteiger partial charge in [0.1, 0.15) is 11.5 Å². The molecule has 0 saturated heterocycles. The van der Waals surface area contributed by atoms with Crippen LogP contribution in [0.2, 0.25) is 5.02 Å². The lowest BCUT2D eigenvalue weighted by Crippen LogP contribution is -2.30. The molecule has 0 unspecified atom stereocenters. The van der Waals surface area contributed by atoms with E-state index in [1.807, 2.05) is 66.7 Å². The smallest absolute Gasteiger partial charge is 0.277 e. The third-order valence-corrected chi connectivity index (χ3v) is 6.59. The number of benzene rings is 1. The summed E-state index contributed by atoms with van der Waals surface area (Å²) in [4.78, 5) is 15.7. The van der Waals surface area contributed by atoms with Crippen LogP contribution in [0.3, 0.4) is 0 Å². The molecule has 8 heteroatoms. The lowest BCUT2D eigenvalue weighted by atomic mass is 9.97. The molecule has 7 nitrogen and oxygen atoms in total. The molecule has 0 bridgehead atoms. The maximum absolute atomic E-state index is 13.8. The molecule has 31 heavy (non-hydrogen) atoms. The van der Waals surface area contributed by atoms with Gasteiger partial charge in [0.2, 0.25) is 0 Å². The first kappa shape index (κ1) is 18.6. The molecule has 156 valence electrons. The predicted molar refractivity (Wildman–Crippen MR) is 118 cm³/mol. The molecule has 1 aromatic carbocycles. The third-order valence-electron chi connectivity index (χ3n) is 6.34. The molecule has 3 aromatic heterocycles. The van der Waals surface area contributed by atoms with Crippen molar-refractivity contribution >= 4 is 28.8 Å². The number of anilines is 1. The van der Waals surface area contributed by atoms with Crippen LogP contribution in [-0.4, -0.2) is 30.3 Å². The number of amides is 1. The number of aromatic nitrogens is 5. The van der Waals surface area contributed by atoms with E-state index in [-0.39, 0.29) is 11.9 Å². The third kappa shape index (κ3) is 2.66. The fourth-order valence-corrected chi connectivity index (χ4v) is 4.84. The van der Waals surface area contributed by atoms with Crippen LogP contribution in [0.5, 0.6) is 0 Å². The molecule has 1 fully saturated rings. The number of halogens is 1. The highest BCUT2D eigenvalue weighted by Crippen LogP contribution is 2.50. The first-order valence-corrected chi connectivity index (χ1v) is 10.8. The van der Waals surface area contributed by atoms with Gasteiger partial charge in [-0.15, -0.1) is 10.2 Å². The second kappa shape index (κ2) is 6.40. The number of hydrogen-bond donors (Lipinski definition) is 0. The maximum Gasteiger partial charge on any atom is 0.277 e. The monoisotopic (exact) mass is 432 g/mol. The first-order chi connectivity index (χ1) is 14.9. The van der Waals surface area contributed by atoms with Crippen LogP contribution in [0.1, 0.15) is 63.5 Å². The van der Waals surface area contributed by atoms with Crippen molar-refractivity contribution in [3.8, 4) is 0 Å². The molecule has 6 rings (SSSR count). The largest absolute Gasteiger partial charge is 0.294 e. The number of carbonyl (C=O) groups excluding carboxylic acids is 1. The van der Waals surface area contributed by atoms with Crippen molar-refractivity contribution < 1.29 is 4.79 Å². The molecule has 4 heterocycles. The number of fused-ring (bicyclic) bond motifs is 2. The molecular formula is C23H21ClN6O. The Bertz CT molecular complexity index is 1370. The Morgan fingerprint density at radius 3 is 2.55 bits per heavy atom. The fourth-order valence-electron chi connectivity index (χ4n) is 4.71. The quantitative estimate of drug-likeness (QED) is 0.482. The average Bonchev–Trinajstić information content (AvgIpc) is 3.34. The van der Waals surface area contributed by atoms with Gasteiger partial charge in [-0.1, -0.05) is 23.7 Å². The topological polar surface area (TPSA) is 68.3 Å². The van der Waals surface area contributed by atoms with Crippen molar-refractivity contribution in [3.63, 3.8) is 0 Å². The van der Waals surface area contributed by atoms with Gasteiger partial charge in [0.25, 0.3) is 5.91 Å². The minimum Gasteiger partial charge on any atom is -0.294 e. The zero-order chi connectivity index (χ0) is 21.4. The van der Waals surface area contributed by atoms with Crippen LogP contribution in [-0.2, 0) is 7.05 Å². The number of nitrogens with zero attached hydrogens (tertiary/aromatic N) is 6. The molecular weight excluding hydrogens is 412 g/mol. The van der Waals surface area contributed by atoms with Gasteiger partial charge in [-0.3, -0.25) is 18.8 Å². The summed E-state index contributed by atoms with van der Waals surface area (Å²) in [6.45, 7) is 3.91. The molecule has 2 aliphatic rings. The van der Waals surface area contributed by atoms with E-state index in [1.54, 1.807) is 4.68 Å². The number of carbonyl (C=O) groups is 1. The highest BCUT2D eigenvalue weighted by atomic mass is 35.5. The lowest BCUT2D eigenvalue weighted by molar-refractivity contribution is 0.0984. The van der Waals surface area contributed by atoms with Crippen molar-refractivity contribution in [2.75, 3.05) is 4.90 Å². The Kier molecular flexibility index (Phi) is 3.84. The summed E-state index contributed by atoms with van der Waals surface area (Å²) in [5.74, 6) is 1.18. The van der Waals surface area contributed by atoms with Gasteiger partial charge >= 0.3 is 0 Å². The van der Waals surface area contributed by atoms with Crippen molar-refractivity contribution in [2.45, 2.75) is 38.6 Å². The summed E-state index contributed by atoms with van der Waals surface area (Å²) < 4.78 is 3.70. The van der Waals surface area contributed by atoms with E-state index < -0.39 is 0 Å². The summed E-state index contributed by atoms with van der Waals surface area (Å²) >= 11 is 6.17. The lowest BCUT2D eigenvalue weighted by Gasteiger charge is -2.27. The first-order valence-electron chi connectivity index (χ1n) is 10.4. The van der Waals surface area contributed by atoms with E-state index in [1.165, 1.54) is 0 Å². The van der Waals surface area contributed by atoms with Crippen molar-refractivity contribution in [2.24, 2.45) is 7.05 Å². The van der Waals surface area contributed by atoms with Crippen LogP contribution >= 0.6 is 11.6 Å². The summed E-state index contributed by atoms with van der Waals surface area (Å²) in [7, 11) is 1.86. The molecule has 1 saturated carbocycles. The Labute approximate surface area is 184 Å². The molecule has 0 spiro atoms. The molecule has 0 radical (unpaired) electrons. The highest BCUT2D eigenvalue weighted by molar-refractivity contribution is 6.30. The summed E-state index contributed by atoms with van der Waals surface area (Å²) in [5, 5.41) is 13.9. The highest BCUT2D eigenvalue weighted by Gasteiger charge is 2.46. The molecule has 1 aliphatic carbocycles. The van der Waals surface area contributed by atoms with E-state index in [4.69, 9.17) is 16.7 Å². The summed E-state index contributed by atoms with van der Waals surface area (Å²) in [6.07, 6.45) is 4.19. The van der Waals surface area contributed by atoms with Gasteiger partial charge in [-0.2, -0.15) is 5.10 Å². The second-order valence-electron chi connectivity index (χ2n) is 8.50. The van der Waals surface area contributed by atoms with Crippen LogP contribution in [0, 0.1) is 13.8 Å². The zero-order valence-electron chi connectivity index (χ0n) is 17.5. The van der Waals surface area contributed by atoms with Crippen LogP contribution in [0.4, 0.5) is 5.69 Å². The SMILES string of the molecule is Cc1cc(N2C(=O)c3c(c(C4CC4)nn3C)[C@H]2c2ccc(Cl)cc2)cn2c(C)nnc12. The van der Waals surface area contributed by atoms with Gasteiger partial charge in [0.05, 0.1) is 17.4 Å². The summed E-state index contributed by atoms with van der Waals surface area (Å²) in [6, 6.07) is 9.52. The number of rotatable bonds is 3. The van der Waals surface area contributed by atoms with Crippen LogP contribution in [0.25, 0.3) is 5.65 Å². The van der Waals surface area contributed by atoms with Gasteiger partial charge in [-0.05, 0) is 56.0 Å². The minimum absolute atomic E-state index is 0.0404. The molecule has 1 aliphatic heterocycles. The van der Waals surface area contributed by atoms with E-state index in [9.17, 15) is 4.79 Å². The Morgan fingerprint density at radius 2 is 1.84 bits per heavy atom. The van der Waals surface area contributed by atoms with E-state index in [0.717, 1.165) is 52.4 Å². The van der Waals surface area contributed by atoms with Crippen LogP contribution < -0.4 is 4.90 Å². The number of hydrogen-bond acceptors (Lipinski definition) is 4.